The van der Waals surface area contributed by atoms with Gasteiger partial charge in [0.05, 0.1) is 5.69 Å². The Bertz CT molecular complexity index is 1350. The second kappa shape index (κ2) is 11.8. The highest BCUT2D eigenvalue weighted by molar-refractivity contribution is 6.00. The van der Waals surface area contributed by atoms with Crippen LogP contribution >= 0.6 is 0 Å². The molecule has 38 heavy (non-hydrogen) atoms. The summed E-state index contributed by atoms with van der Waals surface area (Å²) < 4.78 is 5.62. The Hall–Kier alpha value is -4.31. The Morgan fingerprint density at radius 2 is 1.76 bits per heavy atom. The van der Waals surface area contributed by atoms with Crippen molar-refractivity contribution in [3.05, 3.63) is 66.2 Å². The van der Waals surface area contributed by atoms with Crippen LogP contribution in [0.25, 0.3) is 22.6 Å². The van der Waals surface area contributed by atoms with E-state index in [0.29, 0.717) is 23.2 Å². The fraction of sp³-hybridized carbons (Fsp3) is 0.321. The fourth-order valence-corrected chi connectivity index (χ4v) is 4.71. The maximum atomic E-state index is 13.0. The summed E-state index contributed by atoms with van der Waals surface area (Å²) in [6, 6.07) is 19.3. The first-order chi connectivity index (χ1) is 18.6. The first-order valence-corrected chi connectivity index (χ1v) is 13.0. The average Bonchev–Trinajstić information content (AvgIpc) is 3.48. The summed E-state index contributed by atoms with van der Waals surface area (Å²) in [5, 5.41) is 20.4. The summed E-state index contributed by atoms with van der Waals surface area (Å²) in [5.41, 5.74) is 4.90. The number of tetrazole rings is 1. The van der Waals surface area contributed by atoms with Gasteiger partial charge in [0.2, 0.25) is 0 Å². The number of aromatic nitrogens is 5. The number of benzene rings is 2. The van der Waals surface area contributed by atoms with Crippen LogP contribution in [0.3, 0.4) is 0 Å². The Kier molecular flexibility index (Phi) is 7.89. The molecule has 2 aromatic carbocycles. The van der Waals surface area contributed by atoms with Crippen molar-refractivity contribution in [2.75, 3.05) is 35.3 Å². The van der Waals surface area contributed by atoms with E-state index in [1.807, 2.05) is 67.6 Å². The predicted molar refractivity (Wildman–Crippen MR) is 148 cm³/mol. The molecular weight excluding hydrogens is 480 g/mol. The first kappa shape index (κ1) is 25.3. The van der Waals surface area contributed by atoms with Crippen molar-refractivity contribution in [1.29, 1.82) is 0 Å². The molecule has 2 aromatic heterocycles. The molecule has 1 saturated heterocycles. The second-order valence-electron chi connectivity index (χ2n) is 9.38. The number of urea groups is 1. The number of H-pyrrole nitrogens is 1. The summed E-state index contributed by atoms with van der Waals surface area (Å²) in [4.78, 5) is 20.4. The molecule has 3 heterocycles. The average molecular weight is 513 g/mol. The van der Waals surface area contributed by atoms with E-state index >= 15 is 0 Å². The van der Waals surface area contributed by atoms with E-state index in [0.717, 1.165) is 67.2 Å². The number of anilines is 3. The number of amides is 2. The zero-order valence-electron chi connectivity index (χ0n) is 21.6. The smallest absolute Gasteiger partial charge is 0.323 e. The summed E-state index contributed by atoms with van der Waals surface area (Å²) in [6.45, 7) is 6.49. The highest BCUT2D eigenvalue weighted by Crippen LogP contribution is 2.33. The molecule has 4 aromatic rings. The van der Waals surface area contributed by atoms with Crippen LogP contribution in [-0.4, -0.2) is 57.4 Å². The van der Waals surface area contributed by atoms with Crippen LogP contribution in [0, 0.1) is 6.92 Å². The number of rotatable bonds is 8. The largest absolute Gasteiger partial charge is 0.381 e. The molecule has 0 radical (unpaired) electrons. The molecule has 10 heteroatoms. The Morgan fingerprint density at radius 1 is 1.03 bits per heavy atom. The van der Waals surface area contributed by atoms with Gasteiger partial charge in [-0.05, 0) is 54.8 Å². The molecule has 0 unspecified atom stereocenters. The zero-order chi connectivity index (χ0) is 26.3. The van der Waals surface area contributed by atoms with Gasteiger partial charge >= 0.3 is 6.03 Å². The van der Waals surface area contributed by atoms with E-state index in [2.05, 4.69) is 43.1 Å². The Balaban J connectivity index is 1.53. The molecule has 10 nitrogen and oxygen atoms in total. The third-order valence-electron chi connectivity index (χ3n) is 6.57. The Labute approximate surface area is 221 Å². The molecule has 0 aliphatic carbocycles. The van der Waals surface area contributed by atoms with E-state index < -0.39 is 0 Å². The number of nitrogens with one attached hydrogen (secondary N) is 3. The minimum Gasteiger partial charge on any atom is -0.381 e. The monoisotopic (exact) mass is 512 g/mol. The van der Waals surface area contributed by atoms with Gasteiger partial charge in [0.15, 0.2) is 5.82 Å². The predicted octanol–water partition coefficient (Wildman–Crippen LogP) is 5.28. The van der Waals surface area contributed by atoms with Gasteiger partial charge in [0.25, 0.3) is 0 Å². The van der Waals surface area contributed by atoms with Crippen LogP contribution in [0.2, 0.25) is 0 Å². The van der Waals surface area contributed by atoms with E-state index in [-0.39, 0.29) is 6.03 Å². The molecule has 0 saturated carbocycles. The standard InChI is InChI=1S/C28H32N8O2/c1-3-14-36(22-12-15-38-16-13-22)26-18-21(30-28(37)29-20-10-8-19(2)9-11-20)17-25(31-26)23-6-4-5-7-24(23)27-32-34-35-33-27/h4-11,17-18,22H,3,12-16H2,1-2H3,(H2,29,30,31,37)(H,32,33,34,35). The number of carbonyl (C=O) groups is 1. The molecule has 1 aliphatic rings. The van der Waals surface area contributed by atoms with Gasteiger partial charge in [-0.15, -0.1) is 5.10 Å². The number of carbonyl (C=O) groups excluding carboxylic acids is 1. The molecule has 0 atom stereocenters. The van der Waals surface area contributed by atoms with Crippen LogP contribution in [0.15, 0.2) is 60.7 Å². The molecule has 5 rings (SSSR count). The van der Waals surface area contributed by atoms with E-state index in [1.165, 1.54) is 0 Å². The maximum absolute atomic E-state index is 13.0. The van der Waals surface area contributed by atoms with Crippen LogP contribution in [0.4, 0.5) is 22.0 Å². The number of nitrogens with zero attached hydrogens (tertiary/aromatic N) is 5. The highest BCUT2D eigenvalue weighted by Gasteiger charge is 2.24. The quantitative estimate of drug-likeness (QED) is 0.294. The normalized spacial score (nSPS) is 13.7. The highest BCUT2D eigenvalue weighted by atomic mass is 16.5. The number of aryl methyl sites for hydroxylation is 1. The van der Waals surface area contributed by atoms with Gasteiger partial charge in [0, 0.05) is 54.4 Å². The molecule has 0 spiro atoms. The zero-order valence-corrected chi connectivity index (χ0v) is 21.6. The number of aromatic amines is 1. The topological polar surface area (TPSA) is 121 Å². The number of ether oxygens (including phenoxy) is 1. The Morgan fingerprint density at radius 3 is 2.47 bits per heavy atom. The van der Waals surface area contributed by atoms with Crippen LogP contribution in [-0.2, 0) is 4.74 Å². The number of pyridine rings is 1. The SMILES string of the molecule is CCCN(c1cc(NC(=O)Nc2ccc(C)cc2)cc(-c2ccccc2-c2nnn[nH]2)n1)C1CCOCC1. The van der Waals surface area contributed by atoms with Crippen LogP contribution < -0.4 is 15.5 Å². The third-order valence-corrected chi connectivity index (χ3v) is 6.57. The minimum absolute atomic E-state index is 0.314. The number of hydrogen-bond donors (Lipinski definition) is 3. The lowest BCUT2D eigenvalue weighted by Crippen LogP contribution is -2.40. The van der Waals surface area contributed by atoms with Crippen molar-refractivity contribution in [3.8, 4) is 22.6 Å². The van der Waals surface area contributed by atoms with Crippen molar-refractivity contribution in [3.63, 3.8) is 0 Å². The van der Waals surface area contributed by atoms with Crippen molar-refractivity contribution in [2.45, 2.75) is 39.2 Å². The number of hydrogen-bond acceptors (Lipinski definition) is 7. The fourth-order valence-electron chi connectivity index (χ4n) is 4.71. The lowest BCUT2D eigenvalue weighted by molar-refractivity contribution is 0.0843. The van der Waals surface area contributed by atoms with Crippen molar-refractivity contribution in [1.82, 2.24) is 25.6 Å². The van der Waals surface area contributed by atoms with Crippen molar-refractivity contribution < 1.29 is 9.53 Å². The van der Waals surface area contributed by atoms with Crippen molar-refractivity contribution in [2.24, 2.45) is 0 Å². The van der Waals surface area contributed by atoms with Crippen molar-refractivity contribution >= 4 is 23.2 Å². The summed E-state index contributed by atoms with van der Waals surface area (Å²) >= 11 is 0. The minimum atomic E-state index is -0.321. The molecular formula is C28H32N8O2. The molecule has 0 bridgehead atoms. The molecule has 1 aliphatic heterocycles. The van der Waals surface area contributed by atoms with E-state index in [9.17, 15) is 4.79 Å². The van der Waals surface area contributed by atoms with Gasteiger partial charge in [-0.2, -0.15) is 0 Å². The molecule has 196 valence electrons. The summed E-state index contributed by atoms with van der Waals surface area (Å²) in [5.74, 6) is 1.36. The van der Waals surface area contributed by atoms with E-state index in [1.54, 1.807) is 0 Å². The lowest BCUT2D eigenvalue weighted by Gasteiger charge is -2.35. The van der Waals surface area contributed by atoms with Gasteiger partial charge < -0.3 is 20.3 Å². The van der Waals surface area contributed by atoms with Gasteiger partial charge in [0.1, 0.15) is 5.82 Å². The summed E-state index contributed by atoms with van der Waals surface area (Å²) in [7, 11) is 0. The first-order valence-electron chi connectivity index (χ1n) is 13.0. The van der Waals surface area contributed by atoms with Gasteiger partial charge in [-0.3, -0.25) is 0 Å². The summed E-state index contributed by atoms with van der Waals surface area (Å²) in [6.07, 6.45) is 2.84. The second-order valence-corrected chi connectivity index (χ2v) is 9.38. The molecule has 2 amide bonds. The van der Waals surface area contributed by atoms with Gasteiger partial charge in [-0.25, -0.2) is 14.9 Å². The van der Waals surface area contributed by atoms with Crippen LogP contribution in [0.5, 0.6) is 0 Å². The van der Waals surface area contributed by atoms with E-state index in [4.69, 9.17) is 9.72 Å². The lowest BCUT2D eigenvalue weighted by atomic mass is 10.0. The molecule has 1 fully saturated rings. The van der Waals surface area contributed by atoms with Crippen LogP contribution in [0.1, 0.15) is 31.7 Å². The molecule has 3 N–H and O–H groups in total. The maximum Gasteiger partial charge on any atom is 0.323 e. The third kappa shape index (κ3) is 5.97. The van der Waals surface area contributed by atoms with Gasteiger partial charge in [-0.1, -0.05) is 48.9 Å².